The Labute approximate surface area is 217 Å². The lowest BCUT2D eigenvalue weighted by Crippen LogP contribution is -2.50. The summed E-state index contributed by atoms with van der Waals surface area (Å²) in [5, 5.41) is 2.95. The van der Waals surface area contributed by atoms with Gasteiger partial charge in [0.05, 0.1) is 5.76 Å². The molecule has 36 heavy (non-hydrogen) atoms. The van der Waals surface area contributed by atoms with Crippen LogP contribution in [0.4, 0.5) is 0 Å². The molecule has 0 unspecified atom stereocenters. The Morgan fingerprint density at radius 3 is 2.69 bits per heavy atom. The van der Waals surface area contributed by atoms with Crippen molar-refractivity contribution >= 4 is 11.9 Å². The summed E-state index contributed by atoms with van der Waals surface area (Å²) in [6.07, 6.45) is 13.0. The molecule has 5 aliphatic rings. The van der Waals surface area contributed by atoms with Crippen molar-refractivity contribution in [3.63, 3.8) is 0 Å². The van der Waals surface area contributed by atoms with E-state index in [-0.39, 0.29) is 23.4 Å². The van der Waals surface area contributed by atoms with Crippen molar-refractivity contribution in [2.24, 2.45) is 40.4 Å². The molecule has 3 saturated carbocycles. The van der Waals surface area contributed by atoms with Gasteiger partial charge in [0.1, 0.15) is 12.2 Å². The summed E-state index contributed by atoms with van der Waals surface area (Å²) in [7, 11) is 0. The number of allylic oxidation sites excluding steroid dienone is 2. The lowest BCUT2D eigenvalue weighted by molar-refractivity contribution is -0.148. The fourth-order valence-corrected chi connectivity index (χ4v) is 9.34. The zero-order valence-electron chi connectivity index (χ0n) is 23.3. The number of hydrogen-bond acceptors (Lipinski definition) is 4. The molecule has 0 aromatic heterocycles. The van der Waals surface area contributed by atoms with Crippen LogP contribution in [0.3, 0.4) is 0 Å². The first-order chi connectivity index (χ1) is 17.0. The molecule has 1 aliphatic heterocycles. The van der Waals surface area contributed by atoms with E-state index in [0.29, 0.717) is 23.4 Å². The summed E-state index contributed by atoms with van der Waals surface area (Å²) in [6, 6.07) is 0. The van der Waals surface area contributed by atoms with Crippen LogP contribution in [-0.2, 0) is 19.1 Å². The maximum atomic E-state index is 11.5. The fraction of sp³-hybridized carbons (Fsp3) is 0.806. The quantitative estimate of drug-likeness (QED) is 0.344. The molecule has 3 fully saturated rings. The minimum Gasteiger partial charge on any atom is -0.494 e. The van der Waals surface area contributed by atoms with E-state index in [9.17, 15) is 9.59 Å². The summed E-state index contributed by atoms with van der Waals surface area (Å²) in [4.78, 5) is 22.8. The highest BCUT2D eigenvalue weighted by atomic mass is 16.5. The number of esters is 1. The number of amides is 1. The molecule has 0 aromatic rings. The molecule has 1 heterocycles. The maximum absolute atomic E-state index is 11.5. The average molecular weight is 498 g/mol. The molecule has 5 heteroatoms. The molecule has 200 valence electrons. The number of carbonyl (C=O) groups excluding carboxylic acids is 2. The van der Waals surface area contributed by atoms with Crippen LogP contribution < -0.4 is 5.32 Å². The van der Waals surface area contributed by atoms with E-state index in [1.54, 1.807) is 12.5 Å². The van der Waals surface area contributed by atoms with Crippen molar-refractivity contribution in [3.05, 3.63) is 23.0 Å². The molecule has 1 amide bonds. The van der Waals surface area contributed by atoms with Crippen LogP contribution >= 0.6 is 0 Å². The Kier molecular flexibility index (Phi) is 6.83. The first-order valence-corrected chi connectivity index (χ1v) is 14.5. The Morgan fingerprint density at radius 2 is 1.97 bits per heavy atom. The highest BCUT2D eigenvalue weighted by Gasteiger charge is 2.63. The van der Waals surface area contributed by atoms with Gasteiger partial charge in [-0.1, -0.05) is 32.4 Å². The minimum atomic E-state index is -0.145. The second kappa shape index (κ2) is 9.51. The van der Waals surface area contributed by atoms with Crippen molar-refractivity contribution in [1.29, 1.82) is 0 Å². The first-order valence-electron chi connectivity index (χ1n) is 14.5. The third-order valence-electron chi connectivity index (χ3n) is 11.2. The van der Waals surface area contributed by atoms with Crippen LogP contribution in [0.1, 0.15) is 99.3 Å². The predicted octanol–water partition coefficient (Wildman–Crippen LogP) is 6.33. The van der Waals surface area contributed by atoms with Gasteiger partial charge in [-0.25, -0.2) is 0 Å². The maximum Gasteiger partial charge on any atom is 0.302 e. The summed E-state index contributed by atoms with van der Waals surface area (Å²) < 4.78 is 12.3. The smallest absolute Gasteiger partial charge is 0.302 e. The van der Waals surface area contributed by atoms with E-state index < -0.39 is 0 Å². The van der Waals surface area contributed by atoms with Crippen molar-refractivity contribution in [1.82, 2.24) is 5.32 Å². The zero-order chi connectivity index (χ0) is 25.8. The van der Waals surface area contributed by atoms with Crippen molar-refractivity contribution in [3.8, 4) is 0 Å². The van der Waals surface area contributed by atoms with Gasteiger partial charge in [-0.15, -0.1) is 0 Å². The first kappa shape index (κ1) is 25.9. The SMILES string of the molecule is CC(=O)NC[C@@H](C)CCC1=C(C)[C@@H]2[C@@H](C[C@@H]3[C@H]4CC=C5C[C@@H](OC(C)=O)CC[C@]5(C)[C@@H]4CC[C@@]32C)O1. The molecule has 4 aliphatic carbocycles. The van der Waals surface area contributed by atoms with Gasteiger partial charge in [-0.2, -0.15) is 0 Å². The van der Waals surface area contributed by atoms with Crippen LogP contribution in [0.15, 0.2) is 23.0 Å². The van der Waals surface area contributed by atoms with Gasteiger partial charge in [0.2, 0.25) is 5.91 Å². The summed E-state index contributed by atoms with van der Waals surface area (Å²) >= 11 is 0. The van der Waals surface area contributed by atoms with Crippen LogP contribution in [0.25, 0.3) is 0 Å². The Balaban J connectivity index is 1.29. The second-order valence-electron chi connectivity index (χ2n) is 13.3. The average Bonchev–Trinajstić information content (AvgIpc) is 3.29. The number of hydrogen-bond donors (Lipinski definition) is 1. The number of rotatable bonds is 6. The van der Waals surface area contributed by atoms with Gasteiger partial charge < -0.3 is 14.8 Å². The monoisotopic (exact) mass is 497 g/mol. The summed E-state index contributed by atoms with van der Waals surface area (Å²) in [5.74, 6) is 4.37. The summed E-state index contributed by atoms with van der Waals surface area (Å²) in [6.45, 7) is 13.5. The normalized spacial score (nSPS) is 41.8. The number of nitrogens with one attached hydrogen (secondary N) is 1. The summed E-state index contributed by atoms with van der Waals surface area (Å²) in [5.41, 5.74) is 3.66. The number of carbonyl (C=O) groups is 2. The van der Waals surface area contributed by atoms with Gasteiger partial charge >= 0.3 is 5.97 Å². The molecular weight excluding hydrogens is 450 g/mol. The van der Waals surface area contributed by atoms with E-state index in [4.69, 9.17) is 9.47 Å². The van der Waals surface area contributed by atoms with Crippen molar-refractivity contribution in [2.75, 3.05) is 6.54 Å². The molecule has 5 nitrogen and oxygen atoms in total. The van der Waals surface area contributed by atoms with E-state index in [1.165, 1.54) is 43.9 Å². The zero-order valence-corrected chi connectivity index (χ0v) is 23.3. The van der Waals surface area contributed by atoms with Crippen molar-refractivity contribution in [2.45, 2.75) is 112 Å². The van der Waals surface area contributed by atoms with Crippen LogP contribution in [0.5, 0.6) is 0 Å². The lowest BCUT2D eigenvalue weighted by Gasteiger charge is -2.58. The van der Waals surface area contributed by atoms with Crippen LogP contribution in [0.2, 0.25) is 0 Å². The van der Waals surface area contributed by atoms with Gasteiger partial charge in [0.15, 0.2) is 0 Å². The predicted molar refractivity (Wildman–Crippen MR) is 141 cm³/mol. The van der Waals surface area contributed by atoms with E-state index in [1.807, 2.05) is 0 Å². The van der Waals surface area contributed by atoms with Gasteiger partial charge in [-0.05, 0) is 91.9 Å². The molecule has 0 spiro atoms. The molecule has 1 N–H and O–H groups in total. The Hall–Kier alpha value is -1.78. The van der Waals surface area contributed by atoms with Crippen LogP contribution in [-0.4, -0.2) is 30.6 Å². The van der Waals surface area contributed by atoms with E-state index in [2.05, 4.69) is 39.1 Å². The fourth-order valence-electron chi connectivity index (χ4n) is 9.34. The largest absolute Gasteiger partial charge is 0.494 e. The number of fused-ring (bicyclic) bond motifs is 7. The minimum absolute atomic E-state index is 0.0504. The van der Waals surface area contributed by atoms with Gasteiger partial charge in [0.25, 0.3) is 0 Å². The van der Waals surface area contributed by atoms with E-state index >= 15 is 0 Å². The molecule has 9 atom stereocenters. The molecule has 0 saturated heterocycles. The van der Waals surface area contributed by atoms with Crippen LogP contribution in [0, 0.1) is 40.4 Å². The topological polar surface area (TPSA) is 64.6 Å². The third kappa shape index (κ3) is 4.32. The third-order valence-corrected chi connectivity index (χ3v) is 11.2. The lowest BCUT2D eigenvalue weighted by atomic mass is 9.47. The molecule has 5 rings (SSSR count). The van der Waals surface area contributed by atoms with Crippen molar-refractivity contribution < 1.29 is 19.1 Å². The Morgan fingerprint density at radius 1 is 1.19 bits per heavy atom. The Bertz CT molecular complexity index is 968. The van der Waals surface area contributed by atoms with Gasteiger partial charge in [0, 0.05) is 39.2 Å². The highest BCUT2D eigenvalue weighted by molar-refractivity contribution is 5.72. The molecule has 0 radical (unpaired) electrons. The molecule has 0 aromatic carbocycles. The standard InChI is InChI=1S/C31H47NO4/c1-18(17-32-20(3)33)7-10-27-19(2)29-28(36-27)16-26-24-9-8-22-15-23(35-21(4)34)11-13-30(22,5)25(24)12-14-31(26,29)6/h8,18,23-26,28-29H,7,9-17H2,1-6H3,(H,32,33)/t18-,23-,24-,25+,26+,28+,29+,30-,31-/m0/s1. The van der Waals surface area contributed by atoms with Gasteiger partial charge in [-0.3, -0.25) is 9.59 Å². The second-order valence-corrected chi connectivity index (χ2v) is 13.3. The highest BCUT2D eigenvalue weighted by Crippen LogP contribution is 2.69. The number of ether oxygens (including phenoxy) is 2. The molecular formula is C31H47NO4. The van der Waals surface area contributed by atoms with E-state index in [0.717, 1.165) is 56.4 Å². The molecule has 0 bridgehead atoms.